The largest absolute Gasteiger partial charge is 0.507 e. The Kier molecular flexibility index (Phi) is 6.33. The standard InChI is InChI=1S/C27H22N2O5/c1-3-34-22-6-4-5-19(15-22)25(30)23-24(18-9-13-21(33-2)14-10-18)29(27(32)26(23)31)20-11-7-17(16-28)8-12-20/h4-15,24,30H,3H2,1-2H3/b25-23-. The summed E-state index contributed by atoms with van der Waals surface area (Å²) in [7, 11) is 1.54. The van der Waals surface area contributed by atoms with E-state index in [-0.39, 0.29) is 11.3 Å². The van der Waals surface area contributed by atoms with Crippen molar-refractivity contribution in [3.05, 3.63) is 95.1 Å². The van der Waals surface area contributed by atoms with E-state index in [0.717, 1.165) is 0 Å². The summed E-state index contributed by atoms with van der Waals surface area (Å²) in [5.74, 6) is -0.716. The third-order valence-corrected chi connectivity index (χ3v) is 5.57. The number of hydrogen-bond acceptors (Lipinski definition) is 6. The first-order valence-corrected chi connectivity index (χ1v) is 10.7. The van der Waals surface area contributed by atoms with E-state index in [2.05, 4.69) is 0 Å². The summed E-state index contributed by atoms with van der Waals surface area (Å²) in [5, 5.41) is 20.4. The second kappa shape index (κ2) is 9.51. The van der Waals surface area contributed by atoms with E-state index < -0.39 is 17.7 Å². The molecule has 7 nitrogen and oxygen atoms in total. The third kappa shape index (κ3) is 4.09. The van der Waals surface area contributed by atoms with Crippen LogP contribution >= 0.6 is 0 Å². The molecule has 0 aromatic heterocycles. The Balaban J connectivity index is 1.90. The summed E-state index contributed by atoms with van der Waals surface area (Å²) in [4.78, 5) is 27.8. The third-order valence-electron chi connectivity index (χ3n) is 5.57. The predicted octanol–water partition coefficient (Wildman–Crippen LogP) is 4.59. The van der Waals surface area contributed by atoms with E-state index in [1.165, 1.54) is 4.90 Å². The van der Waals surface area contributed by atoms with Gasteiger partial charge in [0.05, 0.1) is 37.0 Å². The van der Waals surface area contributed by atoms with Crippen molar-refractivity contribution in [3.8, 4) is 17.6 Å². The molecule has 4 rings (SSSR count). The highest BCUT2D eigenvalue weighted by Gasteiger charge is 2.47. The minimum Gasteiger partial charge on any atom is -0.507 e. The van der Waals surface area contributed by atoms with Gasteiger partial charge in [-0.3, -0.25) is 14.5 Å². The number of benzene rings is 3. The Morgan fingerprint density at radius 1 is 1.03 bits per heavy atom. The molecule has 1 aliphatic heterocycles. The van der Waals surface area contributed by atoms with Crippen LogP contribution in [0.25, 0.3) is 5.76 Å². The van der Waals surface area contributed by atoms with Crippen LogP contribution in [0.2, 0.25) is 0 Å². The molecule has 3 aromatic carbocycles. The Bertz CT molecular complexity index is 1300. The monoisotopic (exact) mass is 454 g/mol. The first kappa shape index (κ1) is 22.6. The second-order valence-corrected chi connectivity index (χ2v) is 7.56. The molecule has 0 aliphatic carbocycles. The molecule has 0 spiro atoms. The van der Waals surface area contributed by atoms with Crippen LogP contribution in [0.1, 0.15) is 29.7 Å². The molecule has 7 heteroatoms. The fourth-order valence-electron chi connectivity index (χ4n) is 3.95. The van der Waals surface area contributed by atoms with Crippen molar-refractivity contribution >= 4 is 23.1 Å². The lowest BCUT2D eigenvalue weighted by Crippen LogP contribution is -2.29. The molecule has 1 amide bonds. The summed E-state index contributed by atoms with van der Waals surface area (Å²) in [6.07, 6.45) is 0. The molecule has 34 heavy (non-hydrogen) atoms. The molecule has 1 heterocycles. The second-order valence-electron chi connectivity index (χ2n) is 7.56. The first-order valence-electron chi connectivity index (χ1n) is 10.7. The minimum absolute atomic E-state index is 0.0341. The van der Waals surface area contributed by atoms with Gasteiger partial charge in [-0.25, -0.2) is 0 Å². The summed E-state index contributed by atoms with van der Waals surface area (Å²) in [6, 6.07) is 21.2. The van der Waals surface area contributed by atoms with Crippen LogP contribution in [0.5, 0.6) is 11.5 Å². The Morgan fingerprint density at radius 3 is 2.35 bits per heavy atom. The van der Waals surface area contributed by atoms with E-state index in [0.29, 0.717) is 40.5 Å². The average molecular weight is 454 g/mol. The van der Waals surface area contributed by atoms with Crippen molar-refractivity contribution in [3.63, 3.8) is 0 Å². The van der Waals surface area contributed by atoms with Gasteiger partial charge in [0.1, 0.15) is 17.3 Å². The van der Waals surface area contributed by atoms with Crippen molar-refractivity contribution in [1.29, 1.82) is 5.26 Å². The van der Waals surface area contributed by atoms with Gasteiger partial charge < -0.3 is 14.6 Å². The zero-order chi connectivity index (χ0) is 24.2. The van der Waals surface area contributed by atoms with Crippen molar-refractivity contribution in [2.45, 2.75) is 13.0 Å². The Labute approximate surface area is 197 Å². The Morgan fingerprint density at radius 2 is 1.74 bits per heavy atom. The van der Waals surface area contributed by atoms with Gasteiger partial charge in [0.15, 0.2) is 0 Å². The van der Waals surface area contributed by atoms with Gasteiger partial charge in [0.2, 0.25) is 0 Å². The maximum absolute atomic E-state index is 13.2. The van der Waals surface area contributed by atoms with Crippen molar-refractivity contribution in [2.24, 2.45) is 0 Å². The average Bonchev–Trinajstić information content (AvgIpc) is 3.14. The number of aliphatic hydroxyl groups is 1. The van der Waals surface area contributed by atoms with Crippen LogP contribution in [0.3, 0.4) is 0 Å². The van der Waals surface area contributed by atoms with Crippen molar-refractivity contribution < 1.29 is 24.2 Å². The number of amides is 1. The molecule has 1 fully saturated rings. The number of ether oxygens (including phenoxy) is 2. The van der Waals surface area contributed by atoms with Crippen molar-refractivity contribution in [1.82, 2.24) is 0 Å². The molecular formula is C27H22N2O5. The fraction of sp³-hybridized carbons (Fsp3) is 0.148. The van der Waals surface area contributed by atoms with Gasteiger partial charge in [-0.15, -0.1) is 0 Å². The van der Waals surface area contributed by atoms with E-state index >= 15 is 0 Å². The molecular weight excluding hydrogens is 432 g/mol. The number of carbonyl (C=O) groups is 2. The number of nitriles is 1. The van der Waals surface area contributed by atoms with Crippen LogP contribution < -0.4 is 14.4 Å². The molecule has 1 N–H and O–H groups in total. The first-order chi connectivity index (χ1) is 16.5. The number of ketones is 1. The molecule has 1 aliphatic rings. The SMILES string of the molecule is CCOc1cccc(/C(O)=C2/C(=O)C(=O)N(c3ccc(C#N)cc3)C2c2ccc(OC)cc2)c1. The molecule has 1 atom stereocenters. The molecule has 1 unspecified atom stereocenters. The van der Waals surface area contributed by atoms with Gasteiger partial charge >= 0.3 is 0 Å². The quantitative estimate of drug-likeness (QED) is 0.332. The highest BCUT2D eigenvalue weighted by atomic mass is 16.5. The van der Waals surface area contributed by atoms with Crippen LogP contribution in [-0.2, 0) is 9.59 Å². The Hall–Kier alpha value is -4.57. The summed E-state index contributed by atoms with van der Waals surface area (Å²) >= 11 is 0. The highest BCUT2D eigenvalue weighted by Crippen LogP contribution is 2.42. The lowest BCUT2D eigenvalue weighted by molar-refractivity contribution is -0.132. The zero-order valence-electron chi connectivity index (χ0n) is 18.7. The predicted molar refractivity (Wildman–Crippen MR) is 127 cm³/mol. The number of hydrogen-bond donors (Lipinski definition) is 1. The fourth-order valence-corrected chi connectivity index (χ4v) is 3.95. The number of aliphatic hydroxyl groups excluding tert-OH is 1. The van der Waals surface area contributed by atoms with Gasteiger partial charge in [-0.1, -0.05) is 24.3 Å². The number of anilines is 1. The highest BCUT2D eigenvalue weighted by molar-refractivity contribution is 6.51. The summed E-state index contributed by atoms with van der Waals surface area (Å²) < 4.78 is 10.8. The van der Waals surface area contributed by atoms with Crippen LogP contribution in [0, 0.1) is 11.3 Å². The van der Waals surface area contributed by atoms with Crippen LogP contribution in [0.15, 0.2) is 78.4 Å². The number of methoxy groups -OCH3 is 1. The summed E-state index contributed by atoms with van der Waals surface area (Å²) in [6.45, 7) is 2.29. The number of Topliss-reactive ketones (excluding diaryl/α,β-unsaturated/α-hetero) is 1. The zero-order valence-corrected chi connectivity index (χ0v) is 18.7. The normalized spacial score (nSPS) is 16.9. The number of carbonyl (C=O) groups excluding carboxylic acids is 2. The topological polar surface area (TPSA) is 99.9 Å². The maximum atomic E-state index is 13.2. The smallest absolute Gasteiger partial charge is 0.300 e. The molecule has 3 aromatic rings. The van der Waals surface area contributed by atoms with E-state index in [4.69, 9.17) is 14.7 Å². The van der Waals surface area contributed by atoms with Gasteiger partial charge in [0.25, 0.3) is 11.7 Å². The van der Waals surface area contributed by atoms with Gasteiger partial charge in [-0.05, 0) is 61.0 Å². The molecule has 1 saturated heterocycles. The van der Waals surface area contributed by atoms with Crippen molar-refractivity contribution in [2.75, 3.05) is 18.6 Å². The van der Waals surface area contributed by atoms with Crippen LogP contribution in [0.4, 0.5) is 5.69 Å². The van der Waals surface area contributed by atoms with E-state index in [9.17, 15) is 14.7 Å². The lowest BCUT2D eigenvalue weighted by Gasteiger charge is -2.25. The molecule has 170 valence electrons. The van der Waals surface area contributed by atoms with Gasteiger partial charge in [0, 0.05) is 11.3 Å². The van der Waals surface area contributed by atoms with Gasteiger partial charge in [-0.2, -0.15) is 5.26 Å². The molecule has 0 radical (unpaired) electrons. The molecule has 0 bridgehead atoms. The molecule has 0 saturated carbocycles. The number of rotatable bonds is 6. The summed E-state index contributed by atoms with van der Waals surface area (Å²) in [5.41, 5.74) is 1.81. The van der Waals surface area contributed by atoms with Crippen LogP contribution in [-0.4, -0.2) is 30.5 Å². The maximum Gasteiger partial charge on any atom is 0.300 e. The minimum atomic E-state index is -0.880. The number of nitrogens with zero attached hydrogens (tertiary/aromatic N) is 2. The lowest BCUT2D eigenvalue weighted by atomic mass is 9.95. The van der Waals surface area contributed by atoms with E-state index in [1.807, 2.05) is 13.0 Å². The van der Waals surface area contributed by atoms with E-state index in [1.54, 1.807) is 79.9 Å².